The molecule has 0 saturated carbocycles. The number of rotatable bonds is 5. The number of hydrogen-bond donors (Lipinski definition) is 1. The summed E-state index contributed by atoms with van der Waals surface area (Å²) < 4.78 is 7.36. The topological polar surface area (TPSA) is 76.5 Å². The van der Waals surface area contributed by atoms with E-state index >= 15 is 0 Å². The van der Waals surface area contributed by atoms with E-state index in [1.807, 2.05) is 75.0 Å². The summed E-state index contributed by atoms with van der Waals surface area (Å²) in [4.78, 5) is 27.3. The highest BCUT2D eigenvalue weighted by molar-refractivity contribution is 5.89. The summed E-state index contributed by atoms with van der Waals surface area (Å²) in [6.07, 6.45) is 4.51. The first-order valence-corrected chi connectivity index (χ1v) is 10.6. The van der Waals surface area contributed by atoms with E-state index < -0.39 is 17.2 Å². The number of aromatic nitrogens is 2. The summed E-state index contributed by atoms with van der Waals surface area (Å²) in [5, 5.41) is 7.57. The third kappa shape index (κ3) is 5.20. The van der Waals surface area contributed by atoms with Crippen LogP contribution in [-0.4, -0.2) is 50.9 Å². The Morgan fingerprint density at radius 2 is 1.90 bits per heavy atom. The molecule has 2 heterocycles. The van der Waals surface area contributed by atoms with Crippen molar-refractivity contribution in [3.8, 4) is 5.69 Å². The second-order valence-corrected chi connectivity index (χ2v) is 8.96. The second-order valence-electron chi connectivity index (χ2n) is 8.96. The minimum absolute atomic E-state index is 0.143. The van der Waals surface area contributed by atoms with Crippen LogP contribution in [0.15, 0.2) is 42.6 Å². The molecule has 162 valence electrons. The quantitative estimate of drug-likeness (QED) is 0.812. The number of amides is 2. The van der Waals surface area contributed by atoms with Crippen LogP contribution in [0.1, 0.15) is 52.7 Å². The number of nitrogens with one attached hydrogen (secondary N) is 1. The lowest BCUT2D eigenvalue weighted by Crippen LogP contribution is -2.61. The average molecular weight is 413 g/mol. The van der Waals surface area contributed by atoms with Gasteiger partial charge in [-0.2, -0.15) is 5.10 Å². The number of para-hydroxylation sites is 1. The lowest BCUT2D eigenvalue weighted by Gasteiger charge is -2.43. The van der Waals surface area contributed by atoms with Crippen LogP contribution in [0.3, 0.4) is 0 Å². The normalized spacial score (nSPS) is 19.4. The van der Waals surface area contributed by atoms with Gasteiger partial charge < -0.3 is 10.1 Å². The van der Waals surface area contributed by atoms with Crippen molar-refractivity contribution in [1.82, 2.24) is 20.0 Å². The predicted octanol–water partition coefficient (Wildman–Crippen LogP) is 3.71. The Labute approximate surface area is 178 Å². The van der Waals surface area contributed by atoms with Crippen molar-refractivity contribution < 1.29 is 14.3 Å². The standard InChI is InChI=1S/C23H32N4O3/c1-22(2,3)30-21(29)26-16-9-8-14-23(26,4)20(28)24-15-12-18-13-17-27(25-18)19-10-6-5-7-11-19/h5-7,10-11,13,17H,8-9,12,14-16H2,1-4H3,(H,24,28)/t23-/m0/s1. The van der Waals surface area contributed by atoms with Gasteiger partial charge in [-0.05, 0) is 65.2 Å². The van der Waals surface area contributed by atoms with E-state index in [4.69, 9.17) is 4.74 Å². The number of piperidine rings is 1. The SMILES string of the molecule is CC(C)(C)OC(=O)N1CCCC[C@@]1(C)C(=O)NCCc1ccn(-c2ccccc2)n1. The van der Waals surface area contributed by atoms with E-state index in [2.05, 4.69) is 10.4 Å². The van der Waals surface area contributed by atoms with Gasteiger partial charge in [0, 0.05) is 25.7 Å². The van der Waals surface area contributed by atoms with Gasteiger partial charge in [-0.25, -0.2) is 9.48 Å². The van der Waals surface area contributed by atoms with Crippen molar-refractivity contribution in [2.75, 3.05) is 13.1 Å². The van der Waals surface area contributed by atoms with Gasteiger partial charge in [-0.3, -0.25) is 9.69 Å². The summed E-state index contributed by atoms with van der Waals surface area (Å²) in [6, 6.07) is 11.8. The van der Waals surface area contributed by atoms with Gasteiger partial charge in [0.2, 0.25) is 5.91 Å². The molecule has 0 spiro atoms. The molecule has 1 aromatic heterocycles. The smallest absolute Gasteiger partial charge is 0.411 e. The molecule has 0 unspecified atom stereocenters. The zero-order valence-electron chi connectivity index (χ0n) is 18.4. The monoisotopic (exact) mass is 412 g/mol. The Morgan fingerprint density at radius 1 is 1.17 bits per heavy atom. The lowest BCUT2D eigenvalue weighted by atomic mass is 9.87. The van der Waals surface area contributed by atoms with Crippen LogP contribution in [0.5, 0.6) is 0 Å². The number of ether oxygens (including phenoxy) is 1. The van der Waals surface area contributed by atoms with Gasteiger partial charge in [0.1, 0.15) is 11.1 Å². The van der Waals surface area contributed by atoms with Crippen molar-refractivity contribution in [2.24, 2.45) is 0 Å². The van der Waals surface area contributed by atoms with Gasteiger partial charge in [-0.15, -0.1) is 0 Å². The van der Waals surface area contributed by atoms with Gasteiger partial charge in [-0.1, -0.05) is 18.2 Å². The first-order chi connectivity index (χ1) is 14.2. The molecule has 1 atom stereocenters. The molecule has 2 aromatic rings. The van der Waals surface area contributed by atoms with E-state index in [9.17, 15) is 9.59 Å². The lowest BCUT2D eigenvalue weighted by molar-refractivity contribution is -0.134. The molecule has 1 saturated heterocycles. The molecule has 1 aliphatic heterocycles. The highest BCUT2D eigenvalue weighted by atomic mass is 16.6. The number of likely N-dealkylation sites (tertiary alicyclic amines) is 1. The molecular formula is C23H32N4O3. The highest BCUT2D eigenvalue weighted by Gasteiger charge is 2.45. The molecule has 7 nitrogen and oxygen atoms in total. The van der Waals surface area contributed by atoms with Crippen LogP contribution in [0.2, 0.25) is 0 Å². The second kappa shape index (κ2) is 8.90. The van der Waals surface area contributed by atoms with E-state index in [1.54, 1.807) is 4.90 Å². The number of carbonyl (C=O) groups excluding carboxylic acids is 2. The third-order valence-corrected chi connectivity index (χ3v) is 5.33. The zero-order valence-corrected chi connectivity index (χ0v) is 18.4. The fourth-order valence-corrected chi connectivity index (χ4v) is 3.68. The van der Waals surface area contributed by atoms with Crippen LogP contribution in [0.4, 0.5) is 4.79 Å². The number of nitrogens with zero attached hydrogens (tertiary/aromatic N) is 3. The van der Waals surface area contributed by atoms with Crippen LogP contribution in [0.25, 0.3) is 5.69 Å². The molecule has 2 amide bonds. The molecule has 1 fully saturated rings. The molecule has 0 radical (unpaired) electrons. The Balaban J connectivity index is 1.59. The molecule has 7 heteroatoms. The first kappa shape index (κ1) is 21.9. The maximum Gasteiger partial charge on any atom is 0.411 e. The van der Waals surface area contributed by atoms with Crippen molar-refractivity contribution in [2.45, 2.75) is 64.5 Å². The molecular weight excluding hydrogens is 380 g/mol. The number of carbonyl (C=O) groups is 2. The number of benzene rings is 1. The van der Waals surface area contributed by atoms with Crippen LogP contribution in [-0.2, 0) is 16.0 Å². The van der Waals surface area contributed by atoms with E-state index in [0.717, 1.165) is 24.2 Å². The predicted molar refractivity (Wildman–Crippen MR) is 115 cm³/mol. The Kier molecular flexibility index (Phi) is 6.48. The van der Waals surface area contributed by atoms with Gasteiger partial charge >= 0.3 is 6.09 Å². The van der Waals surface area contributed by atoms with Crippen LogP contribution >= 0.6 is 0 Å². The fourth-order valence-electron chi connectivity index (χ4n) is 3.68. The van der Waals surface area contributed by atoms with Crippen molar-refractivity contribution in [3.05, 3.63) is 48.3 Å². The van der Waals surface area contributed by atoms with E-state index in [-0.39, 0.29) is 5.91 Å². The van der Waals surface area contributed by atoms with Crippen molar-refractivity contribution in [1.29, 1.82) is 0 Å². The summed E-state index contributed by atoms with van der Waals surface area (Å²) in [6.45, 7) is 8.32. The van der Waals surface area contributed by atoms with E-state index in [0.29, 0.717) is 25.9 Å². The van der Waals surface area contributed by atoms with Crippen LogP contribution in [0, 0.1) is 0 Å². The Morgan fingerprint density at radius 3 is 2.60 bits per heavy atom. The Bertz CT molecular complexity index is 872. The minimum Gasteiger partial charge on any atom is -0.444 e. The summed E-state index contributed by atoms with van der Waals surface area (Å²) >= 11 is 0. The summed E-state index contributed by atoms with van der Waals surface area (Å²) in [5.74, 6) is -0.143. The Hall–Kier alpha value is -2.83. The van der Waals surface area contributed by atoms with Gasteiger partial charge in [0.15, 0.2) is 0 Å². The molecule has 1 N–H and O–H groups in total. The summed E-state index contributed by atoms with van der Waals surface area (Å²) in [7, 11) is 0. The highest BCUT2D eigenvalue weighted by Crippen LogP contribution is 2.30. The molecule has 3 rings (SSSR count). The molecule has 1 aliphatic rings. The van der Waals surface area contributed by atoms with Crippen molar-refractivity contribution >= 4 is 12.0 Å². The zero-order chi connectivity index (χ0) is 21.8. The first-order valence-electron chi connectivity index (χ1n) is 10.6. The van der Waals surface area contributed by atoms with Crippen LogP contribution < -0.4 is 5.32 Å². The van der Waals surface area contributed by atoms with E-state index in [1.165, 1.54) is 0 Å². The number of hydrogen-bond acceptors (Lipinski definition) is 4. The summed E-state index contributed by atoms with van der Waals surface area (Å²) in [5.41, 5.74) is 0.403. The minimum atomic E-state index is -0.899. The fraction of sp³-hybridized carbons (Fsp3) is 0.522. The van der Waals surface area contributed by atoms with Gasteiger partial charge in [0.05, 0.1) is 11.4 Å². The molecule has 0 aliphatic carbocycles. The largest absolute Gasteiger partial charge is 0.444 e. The van der Waals surface area contributed by atoms with Crippen molar-refractivity contribution in [3.63, 3.8) is 0 Å². The third-order valence-electron chi connectivity index (χ3n) is 5.33. The molecule has 0 bridgehead atoms. The molecule has 1 aromatic carbocycles. The maximum atomic E-state index is 13.0. The average Bonchev–Trinajstić information content (AvgIpc) is 3.16. The van der Waals surface area contributed by atoms with Gasteiger partial charge in [0.25, 0.3) is 0 Å². The maximum absolute atomic E-state index is 13.0. The molecule has 30 heavy (non-hydrogen) atoms.